The van der Waals surface area contributed by atoms with E-state index in [0.717, 1.165) is 24.0 Å². The molecule has 1 fully saturated rings. The van der Waals surface area contributed by atoms with Crippen molar-refractivity contribution in [2.75, 3.05) is 20.1 Å². The fourth-order valence-corrected chi connectivity index (χ4v) is 3.52. The normalized spacial score (nSPS) is 22.7. The first kappa shape index (κ1) is 16.8. The zero-order valence-corrected chi connectivity index (χ0v) is 14.2. The van der Waals surface area contributed by atoms with Crippen LogP contribution in [0.5, 0.6) is 0 Å². The van der Waals surface area contributed by atoms with Crippen LogP contribution in [-0.2, 0) is 6.54 Å². The fraction of sp³-hybridized carbons (Fsp3) is 0.667. The number of rotatable bonds is 7. The molecule has 3 heteroatoms. The Kier molecular flexibility index (Phi) is 7.01. The van der Waals surface area contributed by atoms with E-state index >= 15 is 0 Å². The predicted molar refractivity (Wildman–Crippen MR) is 91.8 cm³/mol. The van der Waals surface area contributed by atoms with Crippen LogP contribution in [0.4, 0.5) is 0 Å². The average Bonchev–Trinajstić information content (AvgIpc) is 2.49. The molecule has 0 bridgehead atoms. The van der Waals surface area contributed by atoms with E-state index in [1.807, 2.05) is 12.1 Å². The summed E-state index contributed by atoms with van der Waals surface area (Å²) in [5.74, 6) is 0.794. The lowest BCUT2D eigenvalue weighted by molar-refractivity contribution is 0.185. The molecule has 0 spiro atoms. The number of halogens is 1. The van der Waals surface area contributed by atoms with Crippen LogP contribution >= 0.6 is 11.6 Å². The average molecular weight is 309 g/mol. The summed E-state index contributed by atoms with van der Waals surface area (Å²) in [6.07, 6.45) is 6.72. The first-order chi connectivity index (χ1) is 10.2. The highest BCUT2D eigenvalue weighted by Gasteiger charge is 2.25. The first-order valence-corrected chi connectivity index (χ1v) is 8.73. The molecule has 1 N–H and O–H groups in total. The topological polar surface area (TPSA) is 15.3 Å². The van der Waals surface area contributed by atoms with Gasteiger partial charge in [-0.15, -0.1) is 0 Å². The van der Waals surface area contributed by atoms with E-state index in [1.165, 1.54) is 44.2 Å². The van der Waals surface area contributed by atoms with Gasteiger partial charge in [0.1, 0.15) is 0 Å². The molecule has 0 aromatic heterocycles. The van der Waals surface area contributed by atoms with Gasteiger partial charge in [-0.3, -0.25) is 0 Å². The minimum absolute atomic E-state index is 0.714. The second-order valence-electron chi connectivity index (χ2n) is 6.43. The van der Waals surface area contributed by atoms with E-state index in [9.17, 15) is 0 Å². The molecular weight excluding hydrogens is 280 g/mol. The highest BCUT2D eigenvalue weighted by atomic mass is 35.5. The summed E-state index contributed by atoms with van der Waals surface area (Å²) >= 11 is 5.95. The van der Waals surface area contributed by atoms with Crippen molar-refractivity contribution in [3.05, 3.63) is 34.9 Å². The van der Waals surface area contributed by atoms with E-state index in [4.69, 9.17) is 11.6 Å². The molecule has 1 aromatic carbocycles. The molecule has 2 atom stereocenters. The standard InChI is InChI=1S/C18H29ClN2/c1-3-12-20-18-7-5-4-6-16(18)14-21(2)13-15-8-10-17(19)11-9-15/h8-11,16,18,20H,3-7,12-14H2,1-2H3. The molecule has 1 aliphatic carbocycles. The summed E-state index contributed by atoms with van der Waals surface area (Å²) in [5.41, 5.74) is 1.34. The lowest BCUT2D eigenvalue weighted by atomic mass is 9.84. The van der Waals surface area contributed by atoms with Gasteiger partial charge in [0.05, 0.1) is 0 Å². The number of hydrogen-bond acceptors (Lipinski definition) is 2. The highest BCUT2D eigenvalue weighted by molar-refractivity contribution is 6.30. The molecule has 0 aliphatic heterocycles. The Hall–Kier alpha value is -0.570. The van der Waals surface area contributed by atoms with Crippen molar-refractivity contribution in [3.63, 3.8) is 0 Å². The van der Waals surface area contributed by atoms with Gasteiger partial charge in [-0.05, 0) is 56.5 Å². The Bertz CT molecular complexity index is 404. The summed E-state index contributed by atoms with van der Waals surface area (Å²) in [4.78, 5) is 2.46. The van der Waals surface area contributed by atoms with Gasteiger partial charge in [0.25, 0.3) is 0 Å². The maximum absolute atomic E-state index is 5.95. The van der Waals surface area contributed by atoms with Crippen LogP contribution in [0.3, 0.4) is 0 Å². The summed E-state index contributed by atoms with van der Waals surface area (Å²) in [6.45, 7) is 5.59. The van der Waals surface area contributed by atoms with Crippen molar-refractivity contribution in [1.29, 1.82) is 0 Å². The molecule has 118 valence electrons. The molecule has 1 aromatic rings. The van der Waals surface area contributed by atoms with Crippen LogP contribution in [0.25, 0.3) is 0 Å². The predicted octanol–water partition coefficient (Wildman–Crippen LogP) is 4.33. The number of nitrogens with zero attached hydrogens (tertiary/aromatic N) is 1. The van der Waals surface area contributed by atoms with Crippen LogP contribution in [0.15, 0.2) is 24.3 Å². The van der Waals surface area contributed by atoms with Crippen LogP contribution < -0.4 is 5.32 Å². The van der Waals surface area contributed by atoms with Gasteiger partial charge in [0.2, 0.25) is 0 Å². The lowest BCUT2D eigenvalue weighted by Crippen LogP contribution is -2.43. The van der Waals surface area contributed by atoms with Crippen molar-refractivity contribution in [3.8, 4) is 0 Å². The van der Waals surface area contributed by atoms with Gasteiger partial charge >= 0.3 is 0 Å². The van der Waals surface area contributed by atoms with Crippen molar-refractivity contribution in [2.24, 2.45) is 5.92 Å². The Labute approximate surface area is 134 Å². The maximum atomic E-state index is 5.95. The summed E-state index contributed by atoms with van der Waals surface area (Å²) in [6, 6.07) is 8.94. The van der Waals surface area contributed by atoms with Gasteiger partial charge in [-0.2, -0.15) is 0 Å². The third kappa shape index (κ3) is 5.61. The highest BCUT2D eigenvalue weighted by Crippen LogP contribution is 2.25. The minimum Gasteiger partial charge on any atom is -0.314 e. The molecule has 1 aliphatic rings. The molecule has 1 saturated carbocycles. The Morgan fingerprint density at radius 3 is 2.62 bits per heavy atom. The quantitative estimate of drug-likeness (QED) is 0.806. The van der Waals surface area contributed by atoms with Crippen molar-refractivity contribution in [2.45, 2.75) is 51.6 Å². The SMILES string of the molecule is CCCNC1CCCCC1CN(C)Cc1ccc(Cl)cc1. The van der Waals surface area contributed by atoms with Gasteiger partial charge in [0, 0.05) is 24.2 Å². The summed E-state index contributed by atoms with van der Waals surface area (Å²) in [5, 5.41) is 4.57. The van der Waals surface area contributed by atoms with Gasteiger partial charge < -0.3 is 10.2 Å². The molecule has 0 saturated heterocycles. The molecule has 0 amide bonds. The summed E-state index contributed by atoms with van der Waals surface area (Å²) in [7, 11) is 2.24. The van der Waals surface area contributed by atoms with Crippen molar-refractivity contribution in [1.82, 2.24) is 10.2 Å². The zero-order chi connectivity index (χ0) is 15.1. The molecule has 21 heavy (non-hydrogen) atoms. The Balaban J connectivity index is 1.84. The zero-order valence-electron chi connectivity index (χ0n) is 13.4. The number of nitrogens with one attached hydrogen (secondary N) is 1. The van der Waals surface area contributed by atoms with Crippen LogP contribution in [0.2, 0.25) is 5.02 Å². The molecule has 2 nitrogen and oxygen atoms in total. The van der Waals surface area contributed by atoms with Crippen molar-refractivity contribution < 1.29 is 0 Å². The molecule has 2 rings (SSSR count). The molecule has 2 unspecified atom stereocenters. The monoisotopic (exact) mass is 308 g/mol. The summed E-state index contributed by atoms with van der Waals surface area (Å²) < 4.78 is 0. The van der Waals surface area contributed by atoms with Gasteiger partial charge in [-0.1, -0.05) is 43.5 Å². The number of hydrogen-bond donors (Lipinski definition) is 1. The van der Waals surface area contributed by atoms with E-state index in [1.54, 1.807) is 0 Å². The number of benzene rings is 1. The van der Waals surface area contributed by atoms with E-state index in [2.05, 4.69) is 36.3 Å². The lowest BCUT2D eigenvalue weighted by Gasteiger charge is -2.35. The van der Waals surface area contributed by atoms with E-state index < -0.39 is 0 Å². The van der Waals surface area contributed by atoms with Crippen LogP contribution in [-0.4, -0.2) is 31.1 Å². The molecule has 0 radical (unpaired) electrons. The maximum Gasteiger partial charge on any atom is 0.0406 e. The Morgan fingerprint density at radius 2 is 1.90 bits per heavy atom. The third-order valence-corrected chi connectivity index (χ3v) is 4.73. The van der Waals surface area contributed by atoms with Crippen LogP contribution in [0, 0.1) is 5.92 Å². The molecular formula is C18H29ClN2. The van der Waals surface area contributed by atoms with E-state index in [-0.39, 0.29) is 0 Å². The second kappa shape index (κ2) is 8.77. The minimum atomic E-state index is 0.714. The second-order valence-corrected chi connectivity index (χ2v) is 6.86. The van der Waals surface area contributed by atoms with E-state index in [0.29, 0.717) is 6.04 Å². The Morgan fingerprint density at radius 1 is 1.19 bits per heavy atom. The van der Waals surface area contributed by atoms with Gasteiger partial charge in [0.15, 0.2) is 0 Å². The molecule has 0 heterocycles. The third-order valence-electron chi connectivity index (χ3n) is 4.48. The fourth-order valence-electron chi connectivity index (χ4n) is 3.39. The largest absolute Gasteiger partial charge is 0.314 e. The van der Waals surface area contributed by atoms with Gasteiger partial charge in [-0.25, -0.2) is 0 Å². The van der Waals surface area contributed by atoms with Crippen LogP contribution in [0.1, 0.15) is 44.6 Å². The van der Waals surface area contributed by atoms with Crippen molar-refractivity contribution >= 4 is 11.6 Å². The smallest absolute Gasteiger partial charge is 0.0406 e. The first-order valence-electron chi connectivity index (χ1n) is 8.35.